The van der Waals surface area contributed by atoms with Crippen molar-refractivity contribution in [1.29, 1.82) is 0 Å². The molecule has 0 spiro atoms. The second-order valence-corrected chi connectivity index (χ2v) is 3.37. The summed E-state index contributed by atoms with van der Waals surface area (Å²) in [6.45, 7) is 0. The summed E-state index contributed by atoms with van der Waals surface area (Å²) in [5.41, 5.74) is 2.24. The molecule has 0 aliphatic rings. The number of nitrogens with one attached hydrogen (secondary N) is 1. The molecule has 0 bridgehead atoms. The van der Waals surface area contributed by atoms with Gasteiger partial charge in [-0.3, -0.25) is 9.63 Å². The molecule has 0 saturated carbocycles. The minimum Gasteiger partial charge on any atom is -0.277 e. The molecule has 7 heteroatoms. The number of hydroxylamine groups is 1. The van der Waals surface area contributed by atoms with E-state index in [-0.39, 0.29) is 10.7 Å². The van der Waals surface area contributed by atoms with Gasteiger partial charge in [-0.05, 0) is 6.26 Å². The molecule has 0 aromatic carbocycles. The molecule has 1 aromatic rings. The largest absolute Gasteiger partial charge is 0.295 e. The average molecular weight is 234 g/mol. The topological polar surface area (TPSA) is 64.1 Å². The number of rotatable bonds is 3. The molecule has 1 amide bonds. The van der Waals surface area contributed by atoms with Crippen molar-refractivity contribution in [3.63, 3.8) is 0 Å². The first kappa shape index (κ1) is 11.2. The van der Waals surface area contributed by atoms with Crippen molar-refractivity contribution < 1.29 is 9.63 Å². The van der Waals surface area contributed by atoms with Crippen molar-refractivity contribution in [2.45, 2.75) is 5.16 Å². The molecule has 0 fully saturated rings. The molecule has 1 heterocycles. The van der Waals surface area contributed by atoms with Gasteiger partial charge in [0.05, 0.1) is 18.3 Å². The zero-order valence-corrected chi connectivity index (χ0v) is 9.15. The summed E-state index contributed by atoms with van der Waals surface area (Å²) in [6.07, 6.45) is 3.19. The third-order valence-corrected chi connectivity index (χ3v) is 2.15. The smallest absolute Gasteiger partial charge is 0.277 e. The van der Waals surface area contributed by atoms with E-state index in [9.17, 15) is 4.79 Å². The number of halogens is 1. The number of carbonyl (C=O) groups excluding carboxylic acids is 1. The number of amides is 1. The van der Waals surface area contributed by atoms with Crippen molar-refractivity contribution >= 4 is 29.3 Å². The Labute approximate surface area is 90.2 Å². The van der Waals surface area contributed by atoms with Crippen LogP contribution in [0.4, 0.5) is 0 Å². The Morgan fingerprint density at radius 3 is 3.00 bits per heavy atom. The Kier molecular flexibility index (Phi) is 4.12. The van der Waals surface area contributed by atoms with E-state index in [0.29, 0.717) is 5.16 Å². The second kappa shape index (κ2) is 5.14. The predicted molar refractivity (Wildman–Crippen MR) is 53.3 cm³/mol. The van der Waals surface area contributed by atoms with Crippen molar-refractivity contribution in [2.75, 3.05) is 13.4 Å². The third kappa shape index (κ3) is 2.57. The summed E-state index contributed by atoms with van der Waals surface area (Å²) in [7, 11) is 1.34. The summed E-state index contributed by atoms with van der Waals surface area (Å²) in [4.78, 5) is 23.6. The summed E-state index contributed by atoms with van der Waals surface area (Å²) in [6, 6.07) is 0. The average Bonchev–Trinajstić information content (AvgIpc) is 2.19. The highest BCUT2D eigenvalue weighted by Crippen LogP contribution is 2.16. The maximum Gasteiger partial charge on any atom is 0.295 e. The number of carbonyl (C=O) groups is 1. The first-order valence-electron chi connectivity index (χ1n) is 3.59. The molecule has 5 nitrogen and oxygen atoms in total. The molecule has 14 heavy (non-hydrogen) atoms. The van der Waals surface area contributed by atoms with Gasteiger partial charge in [-0.15, -0.1) is 0 Å². The van der Waals surface area contributed by atoms with Gasteiger partial charge < -0.3 is 0 Å². The van der Waals surface area contributed by atoms with Crippen LogP contribution in [0, 0.1) is 0 Å². The van der Waals surface area contributed by atoms with Crippen LogP contribution >= 0.6 is 23.4 Å². The molecule has 0 unspecified atom stereocenters. The lowest BCUT2D eigenvalue weighted by Crippen LogP contribution is -2.23. The van der Waals surface area contributed by atoms with E-state index >= 15 is 0 Å². The normalized spacial score (nSPS) is 9.93. The van der Waals surface area contributed by atoms with Crippen LogP contribution in [0.5, 0.6) is 0 Å². The Balaban J connectivity index is 2.99. The number of thioether (sulfide) groups is 1. The molecule has 76 valence electrons. The van der Waals surface area contributed by atoms with Crippen molar-refractivity contribution in [3.8, 4) is 0 Å². The molecule has 1 N–H and O–H groups in total. The third-order valence-electron chi connectivity index (χ3n) is 1.31. The monoisotopic (exact) mass is 233 g/mol. The SMILES string of the molecule is CONC(=O)c1nc(SC)ncc1Cl. The van der Waals surface area contributed by atoms with E-state index < -0.39 is 5.91 Å². The zero-order valence-electron chi connectivity index (χ0n) is 7.57. The van der Waals surface area contributed by atoms with Gasteiger partial charge in [0.15, 0.2) is 10.9 Å². The Hall–Kier alpha value is -0.850. The lowest BCUT2D eigenvalue weighted by molar-refractivity contribution is 0.0531. The Bertz CT molecular complexity index is 348. The fourth-order valence-electron chi connectivity index (χ4n) is 0.750. The standard InChI is InChI=1S/C7H8ClN3O2S/c1-13-11-6(12)5-4(8)3-9-7(10-5)14-2/h3H,1-2H3,(H,11,12). The first-order chi connectivity index (χ1) is 6.69. The van der Waals surface area contributed by atoms with Crippen molar-refractivity contribution in [1.82, 2.24) is 15.4 Å². The number of hydrogen-bond donors (Lipinski definition) is 1. The van der Waals surface area contributed by atoms with Crippen LogP contribution < -0.4 is 5.48 Å². The van der Waals surface area contributed by atoms with Gasteiger partial charge in [-0.25, -0.2) is 15.4 Å². The Morgan fingerprint density at radius 2 is 2.43 bits per heavy atom. The Morgan fingerprint density at radius 1 is 1.71 bits per heavy atom. The molecule has 1 rings (SSSR count). The summed E-state index contributed by atoms with van der Waals surface area (Å²) >= 11 is 7.06. The van der Waals surface area contributed by atoms with Crippen LogP contribution in [0.15, 0.2) is 11.4 Å². The lowest BCUT2D eigenvalue weighted by atomic mass is 10.4. The molecular weight excluding hydrogens is 226 g/mol. The zero-order chi connectivity index (χ0) is 10.6. The van der Waals surface area contributed by atoms with Gasteiger partial charge in [0.1, 0.15) is 0 Å². The van der Waals surface area contributed by atoms with Gasteiger partial charge >= 0.3 is 0 Å². The number of aromatic nitrogens is 2. The van der Waals surface area contributed by atoms with Gasteiger partial charge in [0.2, 0.25) is 0 Å². The molecule has 0 radical (unpaired) electrons. The summed E-state index contributed by atoms with van der Waals surface area (Å²) < 4.78 is 0. The van der Waals surface area contributed by atoms with Gasteiger partial charge in [-0.2, -0.15) is 0 Å². The van der Waals surface area contributed by atoms with Crippen LogP contribution in [-0.2, 0) is 4.84 Å². The van der Waals surface area contributed by atoms with E-state index in [1.165, 1.54) is 25.1 Å². The van der Waals surface area contributed by atoms with Crippen LogP contribution in [0.3, 0.4) is 0 Å². The lowest BCUT2D eigenvalue weighted by Gasteiger charge is -2.03. The molecule has 0 atom stereocenters. The summed E-state index contributed by atoms with van der Waals surface area (Å²) in [5, 5.41) is 0.674. The van der Waals surface area contributed by atoms with Crippen LogP contribution in [0.25, 0.3) is 0 Å². The number of hydrogen-bond acceptors (Lipinski definition) is 5. The fourth-order valence-corrected chi connectivity index (χ4v) is 1.27. The van der Waals surface area contributed by atoms with E-state index in [0.717, 1.165) is 0 Å². The summed E-state index contributed by atoms with van der Waals surface area (Å²) in [5.74, 6) is -0.491. The molecular formula is C7H8ClN3O2S. The molecule has 1 aromatic heterocycles. The highest BCUT2D eigenvalue weighted by Gasteiger charge is 2.13. The van der Waals surface area contributed by atoms with Crippen LogP contribution in [0.1, 0.15) is 10.5 Å². The first-order valence-corrected chi connectivity index (χ1v) is 5.19. The van der Waals surface area contributed by atoms with E-state index in [1.807, 2.05) is 0 Å². The quantitative estimate of drug-likeness (QED) is 0.482. The minimum absolute atomic E-state index is 0.105. The van der Waals surface area contributed by atoms with Crippen LogP contribution in [-0.4, -0.2) is 29.2 Å². The maximum atomic E-state index is 11.3. The van der Waals surface area contributed by atoms with Crippen molar-refractivity contribution in [3.05, 3.63) is 16.9 Å². The van der Waals surface area contributed by atoms with Gasteiger partial charge in [0, 0.05) is 0 Å². The number of nitrogens with zero attached hydrogens (tertiary/aromatic N) is 2. The predicted octanol–water partition coefficient (Wildman–Crippen LogP) is 1.14. The van der Waals surface area contributed by atoms with E-state index in [4.69, 9.17) is 11.6 Å². The van der Waals surface area contributed by atoms with E-state index in [2.05, 4.69) is 20.3 Å². The minimum atomic E-state index is -0.491. The fraction of sp³-hybridized carbons (Fsp3) is 0.286. The highest BCUT2D eigenvalue weighted by atomic mass is 35.5. The van der Waals surface area contributed by atoms with Crippen LogP contribution in [0.2, 0.25) is 5.02 Å². The maximum absolute atomic E-state index is 11.3. The molecule has 0 aliphatic carbocycles. The highest BCUT2D eigenvalue weighted by molar-refractivity contribution is 7.98. The second-order valence-electron chi connectivity index (χ2n) is 2.19. The molecule has 0 aliphatic heterocycles. The van der Waals surface area contributed by atoms with Crippen molar-refractivity contribution in [2.24, 2.45) is 0 Å². The van der Waals surface area contributed by atoms with E-state index in [1.54, 1.807) is 6.26 Å². The molecule has 0 saturated heterocycles. The van der Waals surface area contributed by atoms with Gasteiger partial charge in [0.25, 0.3) is 5.91 Å². The van der Waals surface area contributed by atoms with Gasteiger partial charge in [-0.1, -0.05) is 23.4 Å².